The van der Waals surface area contributed by atoms with E-state index in [1.54, 1.807) is 4.90 Å². The van der Waals surface area contributed by atoms with Gasteiger partial charge in [-0.05, 0) is 56.4 Å². The van der Waals surface area contributed by atoms with Gasteiger partial charge in [-0.15, -0.1) is 0 Å². The average molecular weight is 426 g/mol. The van der Waals surface area contributed by atoms with E-state index < -0.39 is 15.8 Å². The van der Waals surface area contributed by atoms with E-state index >= 15 is 0 Å². The molecule has 2 heterocycles. The van der Waals surface area contributed by atoms with Gasteiger partial charge in [-0.2, -0.15) is 4.31 Å². The molecule has 0 atom stereocenters. The first kappa shape index (κ1) is 21.7. The summed E-state index contributed by atoms with van der Waals surface area (Å²) in [5.41, 5.74) is 0. The Bertz CT molecular complexity index is 830. The molecule has 1 aromatic rings. The maximum absolute atomic E-state index is 13.0. The number of likely N-dealkylation sites (N-methyl/N-ethyl adjacent to an activating group) is 1. The molecular weight excluding hydrogens is 397 g/mol. The third-order valence-electron chi connectivity index (χ3n) is 5.74. The third-order valence-corrected chi connectivity index (χ3v) is 7.56. The summed E-state index contributed by atoms with van der Waals surface area (Å²) in [6.45, 7) is 2.26. The molecule has 0 radical (unpaired) electrons. The second-order valence-electron chi connectivity index (χ2n) is 7.76. The Morgan fingerprint density at radius 1 is 1.00 bits per heavy atom. The number of carbonyl (C=O) groups is 2. The minimum Gasteiger partial charge on any atom is -0.342 e. The Morgan fingerprint density at radius 2 is 1.59 bits per heavy atom. The summed E-state index contributed by atoms with van der Waals surface area (Å²) in [7, 11) is -2.53. The van der Waals surface area contributed by atoms with Crippen LogP contribution in [0.2, 0.25) is 0 Å². The molecule has 2 aliphatic heterocycles. The molecule has 2 saturated heterocycles. The van der Waals surface area contributed by atoms with Crippen LogP contribution in [-0.2, 0) is 19.6 Å². The van der Waals surface area contributed by atoms with Crippen molar-refractivity contribution in [2.45, 2.75) is 37.0 Å². The van der Waals surface area contributed by atoms with Crippen molar-refractivity contribution < 1.29 is 22.4 Å². The molecule has 9 heteroatoms. The molecule has 0 bridgehead atoms. The summed E-state index contributed by atoms with van der Waals surface area (Å²) in [6.07, 6.45) is 4.49. The Hall–Kier alpha value is -2.00. The van der Waals surface area contributed by atoms with Gasteiger partial charge in [0.15, 0.2) is 0 Å². The normalized spacial score (nSPS) is 18.9. The zero-order valence-corrected chi connectivity index (χ0v) is 17.5. The van der Waals surface area contributed by atoms with Crippen molar-refractivity contribution in [1.82, 2.24) is 14.1 Å². The molecule has 2 amide bonds. The lowest BCUT2D eigenvalue weighted by Crippen LogP contribution is -2.48. The highest BCUT2D eigenvalue weighted by atomic mass is 32.2. The van der Waals surface area contributed by atoms with E-state index in [1.165, 1.54) is 25.6 Å². The van der Waals surface area contributed by atoms with Crippen LogP contribution in [0.3, 0.4) is 0 Å². The summed E-state index contributed by atoms with van der Waals surface area (Å²) >= 11 is 0. The zero-order valence-electron chi connectivity index (χ0n) is 16.7. The average Bonchev–Trinajstić information content (AvgIpc) is 2.74. The fourth-order valence-electron chi connectivity index (χ4n) is 3.91. The highest BCUT2D eigenvalue weighted by Crippen LogP contribution is 2.22. The van der Waals surface area contributed by atoms with Crippen molar-refractivity contribution in [1.29, 1.82) is 0 Å². The van der Waals surface area contributed by atoms with E-state index in [-0.39, 0.29) is 29.2 Å². The maximum Gasteiger partial charge on any atom is 0.243 e. The van der Waals surface area contributed by atoms with E-state index in [0.717, 1.165) is 42.4 Å². The van der Waals surface area contributed by atoms with Gasteiger partial charge >= 0.3 is 0 Å². The molecule has 29 heavy (non-hydrogen) atoms. The van der Waals surface area contributed by atoms with Crippen LogP contribution in [-0.4, -0.2) is 74.1 Å². The summed E-state index contributed by atoms with van der Waals surface area (Å²) in [5.74, 6) is -0.683. The van der Waals surface area contributed by atoms with Crippen LogP contribution < -0.4 is 0 Å². The van der Waals surface area contributed by atoms with Crippen LogP contribution in [0.15, 0.2) is 29.2 Å². The van der Waals surface area contributed by atoms with Gasteiger partial charge in [0.1, 0.15) is 5.82 Å². The third kappa shape index (κ3) is 5.14. The molecule has 0 aliphatic carbocycles. The first-order chi connectivity index (χ1) is 13.8. The smallest absolute Gasteiger partial charge is 0.243 e. The van der Waals surface area contributed by atoms with E-state index in [0.29, 0.717) is 25.9 Å². The molecule has 160 valence electrons. The van der Waals surface area contributed by atoms with Gasteiger partial charge in [0.25, 0.3) is 0 Å². The molecule has 2 fully saturated rings. The number of nitrogens with zero attached hydrogens (tertiary/aromatic N) is 3. The van der Waals surface area contributed by atoms with Gasteiger partial charge < -0.3 is 9.80 Å². The fourth-order valence-corrected chi connectivity index (χ4v) is 5.03. The predicted molar refractivity (Wildman–Crippen MR) is 106 cm³/mol. The molecule has 3 rings (SSSR count). The van der Waals surface area contributed by atoms with E-state index in [1.807, 2.05) is 4.90 Å². The monoisotopic (exact) mass is 425 g/mol. The minimum absolute atomic E-state index is 0.0555. The van der Waals surface area contributed by atoms with Crippen LogP contribution in [0.25, 0.3) is 0 Å². The number of piperidine rings is 2. The summed E-state index contributed by atoms with van der Waals surface area (Å²) in [6, 6.07) is 4.52. The Kier molecular flexibility index (Phi) is 6.89. The standard InChI is InChI=1S/C20H28FN3O4S/c1-22(29(27,28)18-7-5-17(21)6-8-18)15-19(25)23-13-9-16(10-14-23)20(26)24-11-3-2-4-12-24/h5-8,16H,2-4,9-15H2,1H3. The number of hydrogen-bond acceptors (Lipinski definition) is 4. The number of carbonyl (C=O) groups excluding carboxylic acids is 2. The summed E-state index contributed by atoms with van der Waals surface area (Å²) in [5, 5.41) is 0. The topological polar surface area (TPSA) is 78.0 Å². The van der Waals surface area contributed by atoms with Crippen LogP contribution in [0.5, 0.6) is 0 Å². The van der Waals surface area contributed by atoms with Crippen molar-refractivity contribution >= 4 is 21.8 Å². The zero-order chi connectivity index (χ0) is 21.0. The Balaban J connectivity index is 1.52. The van der Waals surface area contributed by atoms with Crippen LogP contribution in [0, 0.1) is 11.7 Å². The number of likely N-dealkylation sites (tertiary alicyclic amines) is 2. The van der Waals surface area contributed by atoms with Gasteiger partial charge in [-0.3, -0.25) is 9.59 Å². The quantitative estimate of drug-likeness (QED) is 0.719. The first-order valence-electron chi connectivity index (χ1n) is 10.1. The summed E-state index contributed by atoms with van der Waals surface area (Å²) < 4.78 is 39.1. The molecule has 7 nitrogen and oxygen atoms in total. The van der Waals surface area contributed by atoms with Gasteiger partial charge in [-0.25, -0.2) is 12.8 Å². The van der Waals surface area contributed by atoms with Crippen molar-refractivity contribution in [3.8, 4) is 0 Å². The molecule has 0 unspecified atom stereocenters. The molecule has 1 aromatic carbocycles. The fraction of sp³-hybridized carbons (Fsp3) is 0.600. The SMILES string of the molecule is CN(CC(=O)N1CCC(C(=O)N2CCCCC2)CC1)S(=O)(=O)c1ccc(F)cc1. The number of rotatable bonds is 5. The molecule has 0 saturated carbocycles. The van der Waals surface area contributed by atoms with Crippen molar-refractivity contribution in [3.05, 3.63) is 30.1 Å². The molecule has 0 N–H and O–H groups in total. The lowest BCUT2D eigenvalue weighted by atomic mass is 9.94. The van der Waals surface area contributed by atoms with Crippen molar-refractivity contribution in [2.75, 3.05) is 39.8 Å². The molecule has 0 aromatic heterocycles. The first-order valence-corrected chi connectivity index (χ1v) is 11.5. The number of amides is 2. The number of benzene rings is 1. The van der Waals surface area contributed by atoms with Crippen molar-refractivity contribution in [3.63, 3.8) is 0 Å². The lowest BCUT2D eigenvalue weighted by Gasteiger charge is -2.36. The highest BCUT2D eigenvalue weighted by molar-refractivity contribution is 7.89. The second kappa shape index (κ2) is 9.21. The van der Waals surface area contributed by atoms with E-state index in [4.69, 9.17) is 0 Å². The van der Waals surface area contributed by atoms with Gasteiger partial charge in [0.2, 0.25) is 21.8 Å². The van der Waals surface area contributed by atoms with Crippen LogP contribution >= 0.6 is 0 Å². The number of sulfonamides is 1. The van der Waals surface area contributed by atoms with Gasteiger partial charge in [-0.1, -0.05) is 0 Å². The van der Waals surface area contributed by atoms with E-state index in [9.17, 15) is 22.4 Å². The number of hydrogen-bond donors (Lipinski definition) is 0. The number of halogens is 1. The Morgan fingerprint density at radius 3 is 2.17 bits per heavy atom. The lowest BCUT2D eigenvalue weighted by molar-refractivity contribution is -0.141. The van der Waals surface area contributed by atoms with Crippen molar-refractivity contribution in [2.24, 2.45) is 5.92 Å². The minimum atomic E-state index is -3.87. The Labute approximate surface area is 171 Å². The van der Waals surface area contributed by atoms with Crippen LogP contribution in [0.1, 0.15) is 32.1 Å². The van der Waals surface area contributed by atoms with Crippen LogP contribution in [0.4, 0.5) is 4.39 Å². The summed E-state index contributed by atoms with van der Waals surface area (Å²) in [4.78, 5) is 28.7. The maximum atomic E-state index is 13.0. The molecule has 0 spiro atoms. The largest absolute Gasteiger partial charge is 0.342 e. The highest BCUT2D eigenvalue weighted by Gasteiger charge is 2.32. The second-order valence-corrected chi connectivity index (χ2v) is 9.80. The van der Waals surface area contributed by atoms with Gasteiger partial charge in [0, 0.05) is 39.1 Å². The predicted octanol–water partition coefficient (Wildman–Crippen LogP) is 1.70. The van der Waals surface area contributed by atoms with Gasteiger partial charge in [0.05, 0.1) is 11.4 Å². The molecule has 2 aliphatic rings. The van der Waals surface area contributed by atoms with E-state index in [2.05, 4.69) is 0 Å². The molecular formula is C20H28FN3O4S.